The number of nitrogens with zero attached hydrogens (tertiary/aromatic N) is 1. The van der Waals surface area contributed by atoms with Crippen molar-refractivity contribution in [1.29, 1.82) is 0 Å². The maximum Gasteiger partial charge on any atom is 0.0645 e. The Bertz CT molecular complexity index is 3420. The summed E-state index contributed by atoms with van der Waals surface area (Å²) in [6.45, 7) is 93.1. The van der Waals surface area contributed by atoms with Crippen molar-refractivity contribution >= 4 is 0 Å². The van der Waals surface area contributed by atoms with Crippen LogP contribution in [0, 0.1) is 129 Å². The van der Waals surface area contributed by atoms with Gasteiger partial charge in [0, 0.05) is 19.5 Å². The molecular formula is C138H246N2O. The summed E-state index contributed by atoms with van der Waals surface area (Å²) in [5, 5.41) is 3.35. The zero-order chi connectivity index (χ0) is 107. The summed E-state index contributed by atoms with van der Waals surface area (Å²) in [4.78, 5) is 3.93. The number of aromatic nitrogens is 1. The molecule has 0 amide bonds. The average Bonchev–Trinajstić information content (AvgIpc) is 1.79. The normalized spacial score (nSPS) is 17.0. The van der Waals surface area contributed by atoms with Crippen molar-refractivity contribution in [3.05, 3.63) is 198 Å². The Hall–Kier alpha value is -4.83. The highest BCUT2D eigenvalue weighted by atomic mass is 16.5. The van der Waals surface area contributed by atoms with Gasteiger partial charge in [-0.25, -0.2) is 0 Å². The molecule has 8 fully saturated rings. The van der Waals surface area contributed by atoms with Crippen LogP contribution in [0.4, 0.5) is 0 Å². The molecule has 5 aromatic carbocycles. The highest BCUT2D eigenvalue weighted by Gasteiger charge is 2.26. The maximum absolute atomic E-state index is 5.20. The van der Waals surface area contributed by atoms with Gasteiger partial charge in [0.1, 0.15) is 0 Å². The van der Waals surface area contributed by atoms with Crippen LogP contribution in [0.3, 0.4) is 0 Å². The van der Waals surface area contributed by atoms with Crippen LogP contribution in [-0.4, -0.2) is 30.8 Å². The van der Waals surface area contributed by atoms with Gasteiger partial charge in [-0.15, -0.1) is 0 Å². The Morgan fingerprint density at radius 2 is 0.518 bits per heavy atom. The highest BCUT2D eigenvalue weighted by Crippen LogP contribution is 2.38. The first-order valence-electron chi connectivity index (χ1n) is 59.7. The Balaban J connectivity index is 0. The lowest BCUT2D eigenvalue weighted by molar-refractivity contribution is -0.0157. The van der Waals surface area contributed by atoms with E-state index in [2.05, 4.69) is 415 Å². The monoisotopic (exact) mass is 1950 g/mol. The van der Waals surface area contributed by atoms with Gasteiger partial charge in [-0.2, -0.15) is 0 Å². The second kappa shape index (κ2) is 82.1. The molecule has 1 atom stereocenters. The van der Waals surface area contributed by atoms with Crippen molar-refractivity contribution < 1.29 is 4.74 Å². The predicted octanol–water partition coefficient (Wildman–Crippen LogP) is 44.9. The molecule has 3 heteroatoms. The van der Waals surface area contributed by atoms with Crippen LogP contribution in [0.25, 0.3) is 11.1 Å². The van der Waals surface area contributed by atoms with Crippen molar-refractivity contribution in [2.45, 2.75) is 518 Å². The lowest BCUT2D eigenvalue weighted by atomic mass is 9.78. The molecule has 6 aromatic rings. The summed E-state index contributed by atoms with van der Waals surface area (Å²) in [6.07, 6.45) is 52.6. The molecule has 814 valence electrons. The Kier molecular flexibility index (Phi) is 80.5. The van der Waals surface area contributed by atoms with Gasteiger partial charge in [0.2, 0.25) is 0 Å². The molecule has 1 N–H and O–H groups in total. The van der Waals surface area contributed by atoms with Gasteiger partial charge < -0.3 is 10.1 Å². The van der Waals surface area contributed by atoms with Gasteiger partial charge in [0.05, 0.1) is 5.60 Å². The van der Waals surface area contributed by atoms with Gasteiger partial charge in [-0.1, -0.05) is 588 Å². The number of rotatable bonds is 18. The van der Waals surface area contributed by atoms with E-state index >= 15 is 0 Å². The fraction of sp³-hybridized carbons (Fsp3) is 0.746. The number of nitrogens with one attached hydrogen (secondary N) is 1. The summed E-state index contributed by atoms with van der Waals surface area (Å²) >= 11 is 0. The molecule has 1 aromatic heterocycles. The first kappa shape index (κ1) is 138. The zero-order valence-corrected chi connectivity index (χ0v) is 102. The summed E-state index contributed by atoms with van der Waals surface area (Å²) in [5.74, 6) is 21.4. The maximum atomic E-state index is 5.20. The van der Waals surface area contributed by atoms with E-state index in [-0.39, 0.29) is 5.60 Å². The number of benzene rings is 5. The molecular weight excluding hydrogens is 1700 g/mol. The Labute approximate surface area is 885 Å². The number of hydrogen-bond donors (Lipinski definition) is 1. The number of hydrogen-bond acceptors (Lipinski definition) is 3. The van der Waals surface area contributed by atoms with Gasteiger partial charge in [0.15, 0.2) is 0 Å². The quantitative estimate of drug-likeness (QED) is 0.0871. The number of pyridine rings is 1. The fourth-order valence-corrected chi connectivity index (χ4v) is 17.8. The summed E-state index contributed by atoms with van der Waals surface area (Å²) in [6, 6.07) is 55.1. The first-order chi connectivity index (χ1) is 66.3. The fourth-order valence-electron chi connectivity index (χ4n) is 17.8. The largest absolute Gasteiger partial charge is 0.379 e. The van der Waals surface area contributed by atoms with Crippen molar-refractivity contribution in [2.24, 2.45) is 129 Å². The van der Waals surface area contributed by atoms with E-state index in [1.54, 1.807) is 7.11 Å². The van der Waals surface area contributed by atoms with Gasteiger partial charge >= 0.3 is 0 Å². The minimum atomic E-state index is 0.0417. The van der Waals surface area contributed by atoms with Crippen molar-refractivity contribution in [1.82, 2.24) is 10.3 Å². The molecule has 0 radical (unpaired) electrons. The van der Waals surface area contributed by atoms with E-state index in [1.165, 1.54) is 264 Å². The van der Waals surface area contributed by atoms with Crippen LogP contribution < -0.4 is 5.32 Å². The van der Waals surface area contributed by atoms with E-state index in [9.17, 15) is 0 Å². The van der Waals surface area contributed by atoms with E-state index in [4.69, 9.17) is 4.74 Å². The second-order valence-corrected chi connectivity index (χ2v) is 52.0. The lowest BCUT2D eigenvalue weighted by Crippen LogP contribution is -2.29. The van der Waals surface area contributed by atoms with E-state index < -0.39 is 0 Å². The topological polar surface area (TPSA) is 34.2 Å². The molecule has 141 heavy (non-hydrogen) atoms. The first-order valence-corrected chi connectivity index (χ1v) is 59.7. The van der Waals surface area contributed by atoms with Crippen LogP contribution in [0.15, 0.2) is 170 Å². The van der Waals surface area contributed by atoms with Crippen LogP contribution in [-0.2, 0) is 11.2 Å². The minimum Gasteiger partial charge on any atom is -0.379 e. The predicted molar refractivity (Wildman–Crippen MR) is 642 cm³/mol. The minimum absolute atomic E-state index is 0.0417. The molecule has 2 heterocycles. The Morgan fingerprint density at radius 3 is 0.723 bits per heavy atom. The van der Waals surface area contributed by atoms with Crippen LogP contribution in [0.2, 0.25) is 0 Å². The number of methoxy groups -OCH3 is 1. The zero-order valence-electron chi connectivity index (χ0n) is 102. The van der Waals surface area contributed by atoms with Crippen molar-refractivity contribution in [2.75, 3.05) is 20.2 Å². The van der Waals surface area contributed by atoms with Gasteiger partial charge in [-0.3, -0.25) is 4.98 Å². The molecule has 14 rings (SSSR count). The molecule has 0 bridgehead atoms. The van der Waals surface area contributed by atoms with Gasteiger partial charge in [-0.05, 0) is 263 Å². The van der Waals surface area contributed by atoms with E-state index in [0.29, 0.717) is 40.4 Å². The van der Waals surface area contributed by atoms with E-state index in [1.807, 2.05) is 42.7 Å². The third-order valence-electron chi connectivity index (χ3n) is 32.5. The van der Waals surface area contributed by atoms with Gasteiger partial charge in [0.25, 0.3) is 0 Å². The van der Waals surface area contributed by atoms with Crippen molar-refractivity contribution in [3.8, 4) is 11.1 Å². The SMILES string of the molecule is CC(C)C(C)(C)C.CC(C)C(C)(C)C.CC(C)C1CC1.CC(C)C1CCC1.CC(C)C1CCCC1.CC(C)C1CCCCC1.CC(C)C1CCCCC1.CC(C)C1CCCCCC1.CC(C)C1CCNC1.CC(C)CC1CCCCC1.CC(C)Cc1ccccc1.CC(C)c1ccc(-c2ccccc2)cc1.CC(C)c1ccccc1.CC(C)c1ccccc1.CC(C)c1ccncc1.COC(C)(C)C(C)C. The Morgan fingerprint density at radius 1 is 0.262 bits per heavy atom. The molecule has 1 saturated heterocycles. The highest BCUT2D eigenvalue weighted by molar-refractivity contribution is 5.63. The smallest absolute Gasteiger partial charge is 0.0645 e. The molecule has 3 nitrogen and oxygen atoms in total. The van der Waals surface area contributed by atoms with Crippen molar-refractivity contribution in [3.63, 3.8) is 0 Å². The molecule has 1 unspecified atom stereocenters. The second-order valence-electron chi connectivity index (χ2n) is 52.0. The van der Waals surface area contributed by atoms with Crippen LogP contribution >= 0.6 is 0 Å². The van der Waals surface area contributed by atoms with E-state index in [0.717, 1.165) is 112 Å². The lowest BCUT2D eigenvalue weighted by Gasteiger charge is -2.28. The molecule has 7 aliphatic carbocycles. The molecule has 0 spiro atoms. The average molecular weight is 1950 g/mol. The standard InChI is InChI=1S/C15H16.C10H20.C10H14.C10H20.2C9H18.2C9H12.C8H11N.C8H16.C7H15N.C7H16O.C7H14.2C7H16.C6H12/c1-12(2)13-8-10-15(11-9-13)14-6-4-3-5-7-14;2*1-9(2)8-10-6-4-3-5-7-10;1-9(2)10-7-5-3-4-6-8-10;4*1-8(2)9-6-4-3-5-7-9;1-7(2)8-3-5-9-6-4-8;1-7(2)8-5-3-4-6-8;1-6(2)7-3-4-8-5-7;1-6(2)7(3,4)8-5;1-6(2)7-4-3-5-7;2*1-6(2)7(3,4)5;1-5(2)6-3-4-6/h3-12H,1-2H3;9-10H,3-8H2,1-2H3;3-7,9H,8H2,1-2H3;9-10H,3-8H2,1-2H3;2*8-9H,3-7H2,1-2H3;2*3-8H,1-2H3;3-7H,1-2H3;7-8H,3-6H2,1-2H3;6-8H,3-5H2,1-2H3;6H,1-5H3;6-7H,3-5H2,1-2H3;2*6H,1-5H3;5-6H,3-4H2,1-2H3. The molecule has 1 aliphatic heterocycles. The third-order valence-corrected chi connectivity index (χ3v) is 32.5. The van der Waals surface area contributed by atoms with Crippen LogP contribution in [0.1, 0.15) is 534 Å². The third kappa shape index (κ3) is 75.5. The summed E-state index contributed by atoms with van der Waals surface area (Å²) < 4.78 is 5.20. The summed E-state index contributed by atoms with van der Waals surface area (Å²) in [5.41, 5.74) is 10.6. The molecule has 8 aliphatic rings. The number of ether oxygens (including phenoxy) is 1. The molecule has 7 saturated carbocycles. The van der Waals surface area contributed by atoms with Crippen LogP contribution in [0.5, 0.6) is 0 Å². The summed E-state index contributed by atoms with van der Waals surface area (Å²) in [7, 11) is 1.75.